The Bertz CT molecular complexity index is 216. The van der Waals surface area contributed by atoms with Gasteiger partial charge in [-0.3, -0.25) is 9.59 Å². The molecule has 1 amide bonds. The molecule has 0 aliphatic carbocycles. The molecule has 1 aliphatic heterocycles. The van der Waals surface area contributed by atoms with E-state index in [1.165, 1.54) is 0 Å². The quantitative estimate of drug-likeness (QED) is 0.433. The summed E-state index contributed by atoms with van der Waals surface area (Å²) < 4.78 is 0. The number of carbonyl (C=O) groups excluding carboxylic acids is 2. The van der Waals surface area contributed by atoms with Crippen LogP contribution in [0.2, 0.25) is 0 Å². The molecule has 1 saturated heterocycles. The van der Waals surface area contributed by atoms with Crippen LogP contribution in [0.4, 0.5) is 0 Å². The second kappa shape index (κ2) is 2.52. The Morgan fingerprint density at radius 3 is 2.36 bits per heavy atom. The van der Waals surface area contributed by atoms with Gasteiger partial charge in [-0.1, -0.05) is 0 Å². The van der Waals surface area contributed by atoms with E-state index in [4.69, 9.17) is 0 Å². The van der Waals surface area contributed by atoms with E-state index in [1.54, 1.807) is 13.8 Å². The van der Waals surface area contributed by atoms with Gasteiger partial charge >= 0.3 is 0 Å². The summed E-state index contributed by atoms with van der Waals surface area (Å²) in [5, 5.41) is 2.61. The predicted molar refractivity (Wildman–Crippen MR) is 44.6 cm³/mol. The maximum atomic E-state index is 11.3. The Morgan fingerprint density at radius 1 is 1.64 bits per heavy atom. The standard InChI is InChI=1S/C7H11NO2S/c1-4-5(9)7(2,3-11)8-6(4)10/h4,11H,3H2,1-2H3,(H,8,10). The second-order valence-corrected chi connectivity index (χ2v) is 3.38. The summed E-state index contributed by atoms with van der Waals surface area (Å²) in [6, 6.07) is 0. The normalized spacial score (nSPS) is 37.5. The minimum absolute atomic E-state index is 0.0579. The van der Waals surface area contributed by atoms with Gasteiger partial charge in [0, 0.05) is 5.75 Å². The Labute approximate surface area is 71.0 Å². The molecule has 4 heteroatoms. The van der Waals surface area contributed by atoms with Crippen molar-refractivity contribution < 1.29 is 9.59 Å². The zero-order valence-corrected chi connectivity index (χ0v) is 7.44. The third kappa shape index (κ3) is 1.15. The molecule has 0 bridgehead atoms. The molecule has 0 saturated carbocycles. The summed E-state index contributed by atoms with van der Waals surface area (Å²) in [5.41, 5.74) is -0.736. The molecular weight excluding hydrogens is 162 g/mol. The van der Waals surface area contributed by atoms with E-state index in [0.29, 0.717) is 5.75 Å². The maximum Gasteiger partial charge on any atom is 0.231 e. The Hall–Kier alpha value is -0.510. The minimum atomic E-state index is -0.736. The molecule has 1 heterocycles. The lowest BCUT2D eigenvalue weighted by molar-refractivity contribution is -0.127. The van der Waals surface area contributed by atoms with Gasteiger partial charge < -0.3 is 5.32 Å². The topological polar surface area (TPSA) is 46.2 Å². The van der Waals surface area contributed by atoms with Crippen LogP contribution in [0.15, 0.2) is 0 Å². The van der Waals surface area contributed by atoms with Crippen LogP contribution in [0, 0.1) is 5.92 Å². The number of amides is 1. The Balaban J connectivity index is 2.91. The zero-order chi connectivity index (χ0) is 8.65. The van der Waals surface area contributed by atoms with Gasteiger partial charge in [0.15, 0.2) is 5.78 Å². The van der Waals surface area contributed by atoms with Crippen molar-refractivity contribution in [3.63, 3.8) is 0 Å². The highest BCUT2D eigenvalue weighted by molar-refractivity contribution is 7.80. The largest absolute Gasteiger partial charge is 0.342 e. The van der Waals surface area contributed by atoms with Crippen molar-refractivity contribution in [2.75, 3.05) is 5.75 Å². The lowest BCUT2D eigenvalue weighted by Crippen LogP contribution is -2.45. The number of Topliss-reactive ketones (excluding diaryl/α,β-unsaturated/α-hetero) is 1. The van der Waals surface area contributed by atoms with Gasteiger partial charge in [-0.25, -0.2) is 0 Å². The van der Waals surface area contributed by atoms with E-state index in [9.17, 15) is 9.59 Å². The van der Waals surface area contributed by atoms with Gasteiger partial charge in [0.05, 0.1) is 5.92 Å². The van der Waals surface area contributed by atoms with Crippen molar-refractivity contribution in [3.8, 4) is 0 Å². The molecule has 1 fully saturated rings. The first-order chi connectivity index (χ1) is 5.01. The van der Waals surface area contributed by atoms with Gasteiger partial charge in [0.25, 0.3) is 0 Å². The van der Waals surface area contributed by atoms with Crippen LogP contribution in [0.1, 0.15) is 13.8 Å². The first kappa shape index (κ1) is 8.59. The van der Waals surface area contributed by atoms with Crippen molar-refractivity contribution >= 4 is 24.3 Å². The molecule has 0 radical (unpaired) electrons. The van der Waals surface area contributed by atoms with E-state index >= 15 is 0 Å². The molecule has 1 N–H and O–H groups in total. The molecule has 3 nitrogen and oxygen atoms in total. The van der Waals surface area contributed by atoms with Gasteiger partial charge in [-0.05, 0) is 13.8 Å². The molecule has 1 rings (SSSR count). The van der Waals surface area contributed by atoms with Crippen LogP contribution in [0.25, 0.3) is 0 Å². The number of carbonyl (C=O) groups is 2. The average Bonchev–Trinajstić information content (AvgIpc) is 2.17. The number of hydrogen-bond donors (Lipinski definition) is 2. The smallest absolute Gasteiger partial charge is 0.231 e. The van der Waals surface area contributed by atoms with E-state index < -0.39 is 11.5 Å². The van der Waals surface area contributed by atoms with Crippen LogP contribution in [-0.4, -0.2) is 23.0 Å². The van der Waals surface area contributed by atoms with Gasteiger partial charge in [0.2, 0.25) is 5.91 Å². The highest BCUT2D eigenvalue weighted by atomic mass is 32.1. The lowest BCUT2D eigenvalue weighted by Gasteiger charge is -2.18. The molecular formula is C7H11NO2S. The van der Waals surface area contributed by atoms with Crippen molar-refractivity contribution in [2.45, 2.75) is 19.4 Å². The van der Waals surface area contributed by atoms with Crippen LogP contribution in [0.3, 0.4) is 0 Å². The third-order valence-corrected chi connectivity index (χ3v) is 2.68. The second-order valence-electron chi connectivity index (χ2n) is 3.07. The summed E-state index contributed by atoms with van der Waals surface area (Å²) in [4.78, 5) is 22.3. The third-order valence-electron chi connectivity index (χ3n) is 2.05. The summed E-state index contributed by atoms with van der Waals surface area (Å²) in [5.74, 6) is -0.391. The number of rotatable bonds is 1. The van der Waals surface area contributed by atoms with Crippen LogP contribution >= 0.6 is 12.6 Å². The molecule has 0 spiro atoms. The predicted octanol–water partition coefficient (Wildman–Crippen LogP) is 0.00990. The van der Waals surface area contributed by atoms with E-state index in [-0.39, 0.29) is 11.7 Å². The molecule has 2 unspecified atom stereocenters. The molecule has 0 aromatic heterocycles. The number of thiol groups is 1. The lowest BCUT2D eigenvalue weighted by atomic mass is 9.96. The first-order valence-electron chi connectivity index (χ1n) is 3.48. The number of hydrogen-bond acceptors (Lipinski definition) is 3. The average molecular weight is 173 g/mol. The van der Waals surface area contributed by atoms with Gasteiger partial charge in [0.1, 0.15) is 5.54 Å². The summed E-state index contributed by atoms with van der Waals surface area (Å²) in [6.07, 6.45) is 0. The first-order valence-corrected chi connectivity index (χ1v) is 4.12. The fraction of sp³-hybridized carbons (Fsp3) is 0.714. The Kier molecular flexibility index (Phi) is 1.96. The summed E-state index contributed by atoms with van der Waals surface area (Å²) in [7, 11) is 0. The van der Waals surface area contributed by atoms with E-state index in [2.05, 4.69) is 17.9 Å². The fourth-order valence-electron chi connectivity index (χ4n) is 1.16. The van der Waals surface area contributed by atoms with E-state index in [1.807, 2.05) is 0 Å². The summed E-state index contributed by atoms with van der Waals surface area (Å²) in [6.45, 7) is 3.32. The van der Waals surface area contributed by atoms with Crippen molar-refractivity contribution in [1.82, 2.24) is 5.32 Å². The highest BCUT2D eigenvalue weighted by Gasteiger charge is 2.45. The van der Waals surface area contributed by atoms with Crippen molar-refractivity contribution in [3.05, 3.63) is 0 Å². The van der Waals surface area contributed by atoms with E-state index in [0.717, 1.165) is 0 Å². The molecule has 1 aliphatic rings. The number of ketones is 1. The SMILES string of the molecule is CC1C(=O)NC(C)(CS)C1=O. The molecule has 11 heavy (non-hydrogen) atoms. The molecule has 62 valence electrons. The Morgan fingerprint density at radius 2 is 2.18 bits per heavy atom. The monoisotopic (exact) mass is 173 g/mol. The fourth-order valence-corrected chi connectivity index (χ4v) is 1.39. The highest BCUT2D eigenvalue weighted by Crippen LogP contribution is 2.21. The van der Waals surface area contributed by atoms with Gasteiger partial charge in [-0.15, -0.1) is 0 Å². The maximum absolute atomic E-state index is 11.3. The van der Waals surface area contributed by atoms with Crippen LogP contribution in [-0.2, 0) is 9.59 Å². The van der Waals surface area contributed by atoms with Crippen molar-refractivity contribution in [2.24, 2.45) is 5.92 Å². The van der Waals surface area contributed by atoms with Crippen LogP contribution in [0.5, 0.6) is 0 Å². The number of nitrogens with one attached hydrogen (secondary N) is 1. The molecule has 0 aromatic rings. The van der Waals surface area contributed by atoms with Gasteiger partial charge in [-0.2, -0.15) is 12.6 Å². The summed E-state index contributed by atoms with van der Waals surface area (Å²) >= 11 is 4.01. The zero-order valence-electron chi connectivity index (χ0n) is 6.55. The molecule has 2 atom stereocenters. The molecule has 0 aromatic carbocycles. The van der Waals surface area contributed by atoms with Crippen molar-refractivity contribution in [1.29, 1.82) is 0 Å². The minimum Gasteiger partial charge on any atom is -0.342 e. The van der Waals surface area contributed by atoms with Crippen LogP contribution < -0.4 is 5.32 Å².